The van der Waals surface area contributed by atoms with E-state index in [1.54, 1.807) is 0 Å². The third kappa shape index (κ3) is 2.93. The molecule has 0 spiro atoms. The summed E-state index contributed by atoms with van der Waals surface area (Å²) >= 11 is 0. The van der Waals surface area contributed by atoms with Gasteiger partial charge in [0.2, 0.25) is 0 Å². The molecule has 0 aromatic heterocycles. The van der Waals surface area contributed by atoms with E-state index in [0.29, 0.717) is 12.8 Å². The molecule has 8 heteroatoms. The van der Waals surface area contributed by atoms with Gasteiger partial charge in [0.15, 0.2) is 0 Å². The van der Waals surface area contributed by atoms with Crippen molar-refractivity contribution in [3.8, 4) is 0 Å². The Hall–Kier alpha value is -1.47. The highest BCUT2D eigenvalue weighted by Gasteiger charge is 2.64. The molecule has 2 rings (SSSR count). The fourth-order valence-corrected chi connectivity index (χ4v) is 2.38. The summed E-state index contributed by atoms with van der Waals surface area (Å²) in [6.07, 6.45) is -3.47. The smallest absolute Gasteiger partial charge is 0.411 e. The van der Waals surface area contributed by atoms with Crippen molar-refractivity contribution in [2.24, 2.45) is 5.92 Å². The molecule has 19 heavy (non-hydrogen) atoms. The summed E-state index contributed by atoms with van der Waals surface area (Å²) in [6.45, 7) is 0. The van der Waals surface area contributed by atoms with Gasteiger partial charge < -0.3 is 15.7 Å². The number of amides is 2. The summed E-state index contributed by atoms with van der Waals surface area (Å²) in [5.74, 6) is -1.46. The number of carbonyl (C=O) groups is 2. The molecule has 0 aliphatic heterocycles. The molecular formula is C11H15F3N2O3. The number of aliphatic carboxylic acids is 1. The maximum absolute atomic E-state index is 12.6. The Balaban J connectivity index is 1.82. The van der Waals surface area contributed by atoms with Crippen molar-refractivity contribution in [2.75, 3.05) is 0 Å². The monoisotopic (exact) mass is 280 g/mol. The molecule has 2 aliphatic rings. The summed E-state index contributed by atoms with van der Waals surface area (Å²) in [4.78, 5) is 22.2. The third-order valence-corrected chi connectivity index (χ3v) is 3.76. The van der Waals surface area contributed by atoms with E-state index in [4.69, 9.17) is 5.11 Å². The van der Waals surface area contributed by atoms with Crippen LogP contribution in [-0.4, -0.2) is 34.9 Å². The van der Waals surface area contributed by atoms with Gasteiger partial charge in [-0.15, -0.1) is 0 Å². The molecule has 2 atom stereocenters. The minimum absolute atomic E-state index is 0.105. The summed E-state index contributed by atoms with van der Waals surface area (Å²) in [7, 11) is 0. The Morgan fingerprint density at radius 1 is 1.21 bits per heavy atom. The van der Waals surface area contributed by atoms with Crippen molar-refractivity contribution in [1.82, 2.24) is 10.6 Å². The highest BCUT2D eigenvalue weighted by Crippen LogP contribution is 2.48. The fraction of sp³-hybridized carbons (Fsp3) is 0.818. The largest absolute Gasteiger partial charge is 0.481 e. The van der Waals surface area contributed by atoms with Gasteiger partial charge in [-0.2, -0.15) is 13.2 Å². The first-order valence-corrected chi connectivity index (χ1v) is 6.12. The summed E-state index contributed by atoms with van der Waals surface area (Å²) in [5.41, 5.74) is -2.08. The summed E-state index contributed by atoms with van der Waals surface area (Å²) in [5, 5.41) is 13.2. The average molecular weight is 280 g/mol. The number of hydrogen-bond donors (Lipinski definition) is 3. The molecule has 2 aliphatic carbocycles. The van der Waals surface area contributed by atoms with Gasteiger partial charge in [-0.1, -0.05) is 0 Å². The lowest BCUT2D eigenvalue weighted by molar-refractivity contribution is -0.162. The van der Waals surface area contributed by atoms with E-state index in [2.05, 4.69) is 5.32 Å². The predicted octanol–water partition coefficient (Wildman–Crippen LogP) is 1.63. The molecule has 0 saturated heterocycles. The number of carboxylic acid groups (broad SMARTS) is 1. The molecule has 2 unspecified atom stereocenters. The van der Waals surface area contributed by atoms with Gasteiger partial charge in [0.25, 0.3) is 0 Å². The molecule has 2 amide bonds. The predicted molar refractivity (Wildman–Crippen MR) is 58.5 cm³/mol. The Morgan fingerprint density at radius 3 is 2.26 bits per heavy atom. The zero-order chi connectivity index (χ0) is 14.3. The van der Waals surface area contributed by atoms with Crippen LogP contribution < -0.4 is 10.6 Å². The quantitative estimate of drug-likeness (QED) is 0.735. The van der Waals surface area contributed by atoms with Gasteiger partial charge in [-0.05, 0) is 32.1 Å². The fourth-order valence-electron chi connectivity index (χ4n) is 2.38. The molecule has 0 bridgehead atoms. The minimum atomic E-state index is -4.44. The second-order valence-electron chi connectivity index (χ2n) is 5.22. The van der Waals surface area contributed by atoms with Crippen molar-refractivity contribution in [3.05, 3.63) is 0 Å². The number of urea groups is 1. The number of alkyl halides is 3. The average Bonchev–Trinajstić information content (AvgIpc) is 2.89. The molecule has 0 aromatic carbocycles. The number of nitrogens with one attached hydrogen (secondary N) is 2. The first-order chi connectivity index (χ1) is 8.73. The molecule has 2 saturated carbocycles. The van der Waals surface area contributed by atoms with Crippen LogP contribution in [0.4, 0.5) is 18.0 Å². The van der Waals surface area contributed by atoms with Crippen LogP contribution in [0.15, 0.2) is 0 Å². The van der Waals surface area contributed by atoms with Crippen LogP contribution in [0.2, 0.25) is 0 Å². The second kappa shape index (κ2) is 4.57. The van der Waals surface area contributed by atoms with Crippen molar-refractivity contribution in [1.29, 1.82) is 0 Å². The second-order valence-corrected chi connectivity index (χ2v) is 5.22. The Morgan fingerprint density at radius 2 is 1.84 bits per heavy atom. The summed E-state index contributed by atoms with van der Waals surface area (Å²) in [6, 6.07) is -1.24. The number of rotatable bonds is 3. The van der Waals surface area contributed by atoms with Crippen molar-refractivity contribution in [3.63, 3.8) is 0 Å². The highest BCUT2D eigenvalue weighted by molar-refractivity contribution is 5.76. The molecule has 0 radical (unpaired) electrons. The van der Waals surface area contributed by atoms with Crippen LogP contribution in [0, 0.1) is 5.92 Å². The molecule has 108 valence electrons. The van der Waals surface area contributed by atoms with Crippen LogP contribution >= 0.6 is 0 Å². The molecule has 5 nitrogen and oxygen atoms in total. The van der Waals surface area contributed by atoms with Crippen LogP contribution in [-0.2, 0) is 4.79 Å². The van der Waals surface area contributed by atoms with E-state index in [9.17, 15) is 22.8 Å². The van der Waals surface area contributed by atoms with Crippen molar-refractivity contribution >= 4 is 12.0 Å². The van der Waals surface area contributed by atoms with Crippen molar-refractivity contribution < 1.29 is 27.9 Å². The standard InChI is InChI=1S/C11H15F3N2O3/c12-11(13,14)10(3-4-10)16-9(19)15-7-2-1-6(5-7)8(17)18/h6-7H,1-5H2,(H,17,18)(H2,15,16,19). The van der Waals surface area contributed by atoms with Gasteiger partial charge in [-0.25, -0.2) is 4.79 Å². The topological polar surface area (TPSA) is 78.4 Å². The van der Waals surface area contributed by atoms with E-state index in [1.165, 1.54) is 0 Å². The lowest BCUT2D eigenvalue weighted by Gasteiger charge is -2.22. The lowest BCUT2D eigenvalue weighted by atomic mass is 10.1. The van der Waals surface area contributed by atoms with Gasteiger partial charge in [-0.3, -0.25) is 4.79 Å². The van der Waals surface area contributed by atoms with Crippen LogP contribution in [0.25, 0.3) is 0 Å². The number of carbonyl (C=O) groups excluding carboxylic acids is 1. The first kappa shape index (κ1) is 14.0. The van der Waals surface area contributed by atoms with Gasteiger partial charge in [0.05, 0.1) is 5.92 Å². The molecule has 3 N–H and O–H groups in total. The van der Waals surface area contributed by atoms with E-state index in [-0.39, 0.29) is 25.3 Å². The van der Waals surface area contributed by atoms with Crippen molar-refractivity contribution in [2.45, 2.75) is 49.9 Å². The lowest BCUT2D eigenvalue weighted by Crippen LogP contribution is -2.53. The van der Waals surface area contributed by atoms with Crippen LogP contribution in [0.1, 0.15) is 32.1 Å². The van der Waals surface area contributed by atoms with Gasteiger partial charge in [0, 0.05) is 6.04 Å². The molecular weight excluding hydrogens is 265 g/mol. The van der Waals surface area contributed by atoms with Crippen LogP contribution in [0.3, 0.4) is 0 Å². The van der Waals surface area contributed by atoms with Crippen LogP contribution in [0.5, 0.6) is 0 Å². The normalized spacial score (nSPS) is 28.8. The number of carboxylic acids is 1. The Kier molecular flexibility index (Phi) is 3.36. The van der Waals surface area contributed by atoms with E-state index < -0.39 is 29.6 Å². The minimum Gasteiger partial charge on any atom is -0.481 e. The zero-order valence-electron chi connectivity index (χ0n) is 10.1. The molecule has 2 fully saturated rings. The zero-order valence-corrected chi connectivity index (χ0v) is 10.1. The number of hydrogen-bond acceptors (Lipinski definition) is 2. The van der Waals surface area contributed by atoms with Gasteiger partial charge in [0.1, 0.15) is 5.54 Å². The van der Waals surface area contributed by atoms with E-state index in [0.717, 1.165) is 0 Å². The number of halogens is 3. The maximum atomic E-state index is 12.6. The first-order valence-electron chi connectivity index (χ1n) is 6.12. The Bertz CT molecular complexity index is 393. The van der Waals surface area contributed by atoms with E-state index >= 15 is 0 Å². The van der Waals surface area contributed by atoms with Gasteiger partial charge >= 0.3 is 18.2 Å². The maximum Gasteiger partial charge on any atom is 0.411 e. The summed E-state index contributed by atoms with van der Waals surface area (Å²) < 4.78 is 37.9. The molecule has 0 heterocycles. The SMILES string of the molecule is O=C(NC1CCC(C(=O)O)C1)NC1(C(F)(F)F)CC1. The van der Waals surface area contributed by atoms with E-state index in [1.807, 2.05) is 5.32 Å². The highest BCUT2D eigenvalue weighted by atomic mass is 19.4. The Labute approximate surface area is 107 Å². The molecule has 0 aromatic rings. The third-order valence-electron chi connectivity index (χ3n) is 3.76.